The lowest BCUT2D eigenvalue weighted by Gasteiger charge is -2.39. The zero-order valence-electron chi connectivity index (χ0n) is 44.3. The van der Waals surface area contributed by atoms with Crippen molar-refractivity contribution >= 4 is 37.3 Å². The highest BCUT2D eigenvalue weighted by Gasteiger charge is 2.34. The van der Waals surface area contributed by atoms with Gasteiger partial charge in [-0.2, -0.15) is 0 Å². The number of hydrogen-bond donors (Lipinski definition) is 3. The molecule has 10 rings (SSSR count). The molecule has 2 aliphatic heterocycles. The summed E-state index contributed by atoms with van der Waals surface area (Å²) in [6.45, 7) is 7.42. The van der Waals surface area contributed by atoms with Crippen LogP contribution in [0.1, 0.15) is 145 Å². The molecule has 2 saturated carbocycles. The van der Waals surface area contributed by atoms with Crippen LogP contribution in [0.2, 0.25) is 0 Å². The number of nitrogens with one attached hydrogen (secondary N) is 3. The highest BCUT2D eigenvalue weighted by molar-refractivity contribution is 7.91. The number of hydrogen-bond acceptors (Lipinski definition) is 15. The molecule has 6 aromatic rings. The van der Waals surface area contributed by atoms with Gasteiger partial charge in [-0.05, 0) is 163 Å². The van der Waals surface area contributed by atoms with Crippen LogP contribution in [0.4, 0.5) is 0 Å². The minimum atomic E-state index is -3.34. The molecular formula is C58H72N8O9S2. The number of oxazole rings is 2. The first kappa shape index (κ1) is 56.8. The fraction of sp³-hybridized carbons (Fsp3) is 0.466. The van der Waals surface area contributed by atoms with E-state index in [4.69, 9.17) is 8.83 Å². The predicted molar refractivity (Wildman–Crippen MR) is 295 cm³/mol. The number of rotatable bonds is 15. The highest BCUT2D eigenvalue weighted by atomic mass is 32.2. The first-order valence-electron chi connectivity index (χ1n) is 27.1. The van der Waals surface area contributed by atoms with E-state index in [9.17, 15) is 31.2 Å². The van der Waals surface area contributed by atoms with Crippen LogP contribution in [0, 0.1) is 13.8 Å². The number of carbonyl (C=O) groups excluding carboxylic acids is 3. The number of Topliss-reactive ketones (excluding diaryl/α,β-unsaturated/α-hetero) is 1. The van der Waals surface area contributed by atoms with Crippen molar-refractivity contribution in [1.82, 2.24) is 40.8 Å². The zero-order valence-corrected chi connectivity index (χ0v) is 45.9. The Kier molecular flexibility index (Phi) is 20.1. The molecule has 0 bridgehead atoms. The summed E-state index contributed by atoms with van der Waals surface area (Å²) >= 11 is 0. The molecule has 4 aliphatic rings. The number of carbonyl (C=O) groups is 3. The summed E-state index contributed by atoms with van der Waals surface area (Å²) in [6.07, 6.45) is 21.0. The van der Waals surface area contributed by atoms with Crippen LogP contribution >= 0.6 is 0 Å². The average Bonchev–Trinajstić information content (AvgIpc) is 4.03. The largest absolute Gasteiger partial charge is 0.441 e. The van der Waals surface area contributed by atoms with Gasteiger partial charge in [0.05, 0.1) is 33.4 Å². The van der Waals surface area contributed by atoms with Gasteiger partial charge in [-0.1, -0.05) is 37.8 Å². The molecule has 410 valence electrons. The van der Waals surface area contributed by atoms with Crippen LogP contribution in [-0.2, 0) is 49.1 Å². The van der Waals surface area contributed by atoms with Crippen molar-refractivity contribution in [2.75, 3.05) is 26.2 Å². The quantitative estimate of drug-likeness (QED) is 0.0871. The number of likely N-dealkylation sites (tertiary alicyclic amines) is 1. The van der Waals surface area contributed by atoms with E-state index in [1.54, 1.807) is 87.2 Å². The van der Waals surface area contributed by atoms with Gasteiger partial charge in [-0.3, -0.25) is 24.4 Å². The molecule has 0 radical (unpaired) electrons. The van der Waals surface area contributed by atoms with Gasteiger partial charge in [0.15, 0.2) is 19.7 Å². The summed E-state index contributed by atoms with van der Waals surface area (Å²) in [6, 6.07) is 21.9. The summed E-state index contributed by atoms with van der Waals surface area (Å²) in [7, 11) is -6.63. The van der Waals surface area contributed by atoms with E-state index in [1.165, 1.54) is 38.5 Å². The number of piperidine rings is 2. The van der Waals surface area contributed by atoms with Crippen LogP contribution in [0.5, 0.6) is 0 Å². The SMILES string of the molecule is Cc1oc(-c2ccc(C(=O)NCc3cccnc3)cc2)nc1CS(=O)(=O)C1CCN(C2CCCCC2)CC1.Cc1oc(-c2ccc(C(=O)NCc3cccnc3)cc2)nc1CS(=O)(=O)C1CCNCC1.O=C1CCCCC1. The Labute approximate surface area is 452 Å². The van der Waals surface area contributed by atoms with Gasteiger partial charge in [0.2, 0.25) is 11.8 Å². The number of sulfone groups is 2. The minimum absolute atomic E-state index is 0.106. The second-order valence-electron chi connectivity index (χ2n) is 20.5. The third kappa shape index (κ3) is 16.3. The monoisotopic (exact) mass is 1090 g/mol. The molecule has 17 nitrogen and oxygen atoms in total. The van der Waals surface area contributed by atoms with Crippen molar-refractivity contribution in [2.45, 2.75) is 145 Å². The summed E-state index contributed by atoms with van der Waals surface area (Å²) in [5.74, 6) is 1.57. The lowest BCUT2D eigenvalue weighted by Crippen LogP contribution is -2.45. The first-order chi connectivity index (χ1) is 37.2. The Morgan fingerprint density at radius 1 is 0.597 bits per heavy atom. The molecule has 0 atom stereocenters. The van der Waals surface area contributed by atoms with E-state index in [1.807, 2.05) is 24.3 Å². The molecule has 3 N–H and O–H groups in total. The van der Waals surface area contributed by atoms with Crippen molar-refractivity contribution in [1.29, 1.82) is 0 Å². The van der Waals surface area contributed by atoms with Crippen LogP contribution in [-0.4, -0.2) is 102 Å². The predicted octanol–water partition coefficient (Wildman–Crippen LogP) is 8.85. The number of aryl methyl sites for hydroxylation is 2. The van der Waals surface area contributed by atoms with E-state index in [0.29, 0.717) is 108 Å². The van der Waals surface area contributed by atoms with E-state index < -0.39 is 19.7 Å². The molecule has 19 heteroatoms. The Morgan fingerprint density at radius 2 is 1.04 bits per heavy atom. The van der Waals surface area contributed by atoms with E-state index in [0.717, 1.165) is 63.0 Å². The summed E-state index contributed by atoms with van der Waals surface area (Å²) in [5.41, 5.74) is 5.15. The smallest absolute Gasteiger partial charge is 0.251 e. The summed E-state index contributed by atoms with van der Waals surface area (Å²) < 4.78 is 63.7. The van der Waals surface area contributed by atoms with Crippen molar-refractivity contribution < 1.29 is 40.1 Å². The van der Waals surface area contributed by atoms with Crippen molar-refractivity contribution in [3.8, 4) is 22.9 Å². The van der Waals surface area contributed by atoms with Gasteiger partial charge in [-0.15, -0.1) is 0 Å². The number of benzene rings is 2. The van der Waals surface area contributed by atoms with E-state index >= 15 is 0 Å². The van der Waals surface area contributed by atoms with Crippen LogP contribution in [0.15, 0.2) is 106 Å². The third-order valence-corrected chi connectivity index (χ3v) is 19.2. The fourth-order valence-electron chi connectivity index (χ4n) is 10.2. The average molecular weight is 1090 g/mol. The highest BCUT2D eigenvalue weighted by Crippen LogP contribution is 2.31. The first-order valence-corrected chi connectivity index (χ1v) is 30.5. The number of ketones is 1. The maximum Gasteiger partial charge on any atom is 0.251 e. The number of amides is 2. The Balaban J connectivity index is 0.000000182. The lowest BCUT2D eigenvalue weighted by atomic mass is 9.93. The van der Waals surface area contributed by atoms with E-state index in [2.05, 4.69) is 40.8 Å². The molecule has 2 aliphatic carbocycles. The van der Waals surface area contributed by atoms with E-state index in [-0.39, 0.29) is 33.8 Å². The van der Waals surface area contributed by atoms with Crippen molar-refractivity contribution in [3.05, 3.63) is 143 Å². The molecule has 2 amide bonds. The number of pyridine rings is 2. The lowest BCUT2D eigenvalue weighted by molar-refractivity contribution is -0.120. The molecule has 2 saturated heterocycles. The normalized spacial score (nSPS) is 17.1. The maximum atomic E-state index is 13.3. The van der Waals surface area contributed by atoms with Gasteiger partial charge in [0.25, 0.3) is 11.8 Å². The molecule has 6 heterocycles. The molecule has 77 heavy (non-hydrogen) atoms. The Hall–Kier alpha value is -6.41. The summed E-state index contributed by atoms with van der Waals surface area (Å²) in [5, 5.41) is 8.25. The zero-order chi connectivity index (χ0) is 54.2. The number of nitrogens with zero attached hydrogens (tertiary/aromatic N) is 5. The van der Waals surface area contributed by atoms with Gasteiger partial charge < -0.3 is 29.7 Å². The van der Waals surface area contributed by atoms with Gasteiger partial charge in [-0.25, -0.2) is 26.8 Å². The second kappa shape index (κ2) is 27.3. The van der Waals surface area contributed by atoms with Gasteiger partial charge in [0, 0.05) is 79.0 Å². The number of aromatic nitrogens is 4. The van der Waals surface area contributed by atoms with Gasteiger partial charge >= 0.3 is 0 Å². The van der Waals surface area contributed by atoms with Crippen LogP contribution < -0.4 is 16.0 Å². The summed E-state index contributed by atoms with van der Waals surface area (Å²) in [4.78, 5) is 54.9. The standard InChI is InChI=1S/C29H36N4O4S.C23H26N4O4S.C6H10O/c1-21-27(20-38(35,36)26-13-16-33(17-14-26)25-7-3-2-4-8-25)32-29(37-21)24-11-9-23(10-12-24)28(34)31-19-22-6-5-15-30-18-22;1-16-21(15-32(29,30)20-8-11-24-12-9-20)27-23(31-16)19-6-4-18(5-7-19)22(28)26-14-17-3-2-10-25-13-17;7-6-4-2-1-3-5-6/h5-6,9-12,15,18,25-26H,2-4,7-8,13-14,16-17,19-20H2,1H3,(H,31,34);2-7,10,13,20,24H,8-9,11-12,14-15H2,1H3,(H,26,28);1-5H2. The topological polar surface area (TPSA) is 237 Å². The minimum Gasteiger partial charge on any atom is -0.441 e. The Bertz CT molecular complexity index is 3090. The van der Waals surface area contributed by atoms with Gasteiger partial charge in [0.1, 0.15) is 17.3 Å². The molecule has 4 fully saturated rings. The second-order valence-corrected chi connectivity index (χ2v) is 25.0. The Morgan fingerprint density at radius 3 is 1.45 bits per heavy atom. The van der Waals surface area contributed by atoms with Crippen molar-refractivity contribution in [2.24, 2.45) is 0 Å². The van der Waals surface area contributed by atoms with Crippen LogP contribution in [0.25, 0.3) is 22.9 Å². The fourth-order valence-corrected chi connectivity index (χ4v) is 13.9. The molecule has 0 spiro atoms. The van der Waals surface area contributed by atoms with Crippen molar-refractivity contribution in [3.63, 3.8) is 0 Å². The molecule has 4 aromatic heterocycles. The third-order valence-electron chi connectivity index (χ3n) is 14.9. The molecule has 2 aromatic carbocycles. The molecule has 0 unspecified atom stereocenters. The van der Waals surface area contributed by atoms with Crippen LogP contribution in [0.3, 0.4) is 0 Å². The maximum absolute atomic E-state index is 13.3. The molecular weight excluding hydrogens is 1020 g/mol.